The van der Waals surface area contributed by atoms with Gasteiger partial charge in [-0.15, -0.1) is 0 Å². The summed E-state index contributed by atoms with van der Waals surface area (Å²) in [6, 6.07) is 9.07. The second-order valence-corrected chi connectivity index (χ2v) is 4.14. The quantitative estimate of drug-likeness (QED) is 0.786. The molecule has 1 heterocycles. The van der Waals surface area contributed by atoms with E-state index in [9.17, 15) is 10.2 Å². The van der Waals surface area contributed by atoms with Crippen LogP contribution in [0, 0.1) is 0 Å². The zero-order valence-electron chi connectivity index (χ0n) is 9.70. The van der Waals surface area contributed by atoms with E-state index in [2.05, 4.69) is 5.16 Å². The van der Waals surface area contributed by atoms with Crippen molar-refractivity contribution in [2.24, 2.45) is 5.16 Å². The van der Waals surface area contributed by atoms with E-state index < -0.39 is 18.0 Å². The lowest BCUT2D eigenvalue weighted by Crippen LogP contribution is -2.57. The molecule has 0 unspecified atom stereocenters. The molecule has 5 nitrogen and oxygen atoms in total. The highest BCUT2D eigenvalue weighted by Crippen LogP contribution is 2.27. The second-order valence-electron chi connectivity index (χ2n) is 4.14. The van der Waals surface area contributed by atoms with Crippen molar-refractivity contribution in [3.05, 3.63) is 35.9 Å². The Balaban J connectivity index is 2.35. The second kappa shape index (κ2) is 4.44. The number of ether oxygens (including phenoxy) is 1. The SMILES string of the molecule is CO[C@@H]1ON=C(c2ccccc2)[C@H](O)[C@@]1(C)O. The summed E-state index contributed by atoms with van der Waals surface area (Å²) in [6.45, 7) is 1.45. The van der Waals surface area contributed by atoms with Gasteiger partial charge in [0.25, 0.3) is 6.29 Å². The van der Waals surface area contributed by atoms with Crippen LogP contribution in [0.15, 0.2) is 35.5 Å². The molecule has 1 aliphatic heterocycles. The molecule has 3 atom stereocenters. The van der Waals surface area contributed by atoms with Crippen LogP contribution in [0.4, 0.5) is 0 Å². The molecule has 1 aromatic carbocycles. The Bertz CT molecular complexity index is 416. The molecule has 5 heteroatoms. The summed E-state index contributed by atoms with van der Waals surface area (Å²) in [7, 11) is 1.38. The topological polar surface area (TPSA) is 71.3 Å². The third kappa shape index (κ3) is 2.04. The molecule has 0 fully saturated rings. The van der Waals surface area contributed by atoms with Crippen LogP contribution in [0.3, 0.4) is 0 Å². The maximum Gasteiger partial charge on any atom is 0.258 e. The van der Waals surface area contributed by atoms with Gasteiger partial charge in [-0.1, -0.05) is 35.5 Å². The fraction of sp³-hybridized carbons (Fsp3) is 0.417. The standard InChI is InChI=1S/C12H15NO4/c1-12(15)10(14)9(13-17-11(12)16-2)8-6-4-3-5-7-8/h3-7,10-11,14-15H,1-2H3/t10-,11+,12+/m0/s1. The lowest BCUT2D eigenvalue weighted by Gasteiger charge is -2.37. The summed E-state index contributed by atoms with van der Waals surface area (Å²) < 4.78 is 4.92. The molecule has 0 radical (unpaired) electrons. The van der Waals surface area contributed by atoms with E-state index in [0.29, 0.717) is 11.3 Å². The fourth-order valence-electron chi connectivity index (χ4n) is 1.77. The maximum absolute atomic E-state index is 10.2. The van der Waals surface area contributed by atoms with Gasteiger partial charge in [0.1, 0.15) is 11.8 Å². The molecule has 2 N–H and O–H groups in total. The number of hydrogen-bond donors (Lipinski definition) is 2. The molecule has 0 amide bonds. The van der Waals surface area contributed by atoms with Crippen LogP contribution >= 0.6 is 0 Å². The zero-order chi connectivity index (χ0) is 12.5. The van der Waals surface area contributed by atoms with E-state index in [-0.39, 0.29) is 0 Å². The molecule has 2 rings (SSSR count). The highest BCUT2D eigenvalue weighted by atomic mass is 16.8. The Morgan fingerprint density at radius 1 is 1.35 bits per heavy atom. The summed E-state index contributed by atoms with van der Waals surface area (Å²) in [5.74, 6) is 0. The number of aliphatic hydroxyl groups is 2. The largest absolute Gasteiger partial charge is 0.383 e. The van der Waals surface area contributed by atoms with Crippen LogP contribution in [-0.2, 0) is 9.57 Å². The Morgan fingerprint density at radius 3 is 2.59 bits per heavy atom. The van der Waals surface area contributed by atoms with Crippen LogP contribution in [0.2, 0.25) is 0 Å². The third-order valence-electron chi connectivity index (χ3n) is 2.82. The van der Waals surface area contributed by atoms with E-state index in [1.165, 1.54) is 14.0 Å². The smallest absolute Gasteiger partial charge is 0.258 e. The summed E-state index contributed by atoms with van der Waals surface area (Å²) in [5, 5.41) is 24.1. The Labute approximate surface area is 99.3 Å². The molecule has 0 saturated heterocycles. The molecule has 0 aliphatic carbocycles. The van der Waals surface area contributed by atoms with Crippen molar-refractivity contribution in [3.8, 4) is 0 Å². The van der Waals surface area contributed by atoms with Gasteiger partial charge in [0, 0.05) is 12.7 Å². The first kappa shape index (κ1) is 12.0. The van der Waals surface area contributed by atoms with Gasteiger partial charge >= 0.3 is 0 Å². The summed E-state index contributed by atoms with van der Waals surface area (Å²) in [5.41, 5.74) is -0.541. The Hall–Kier alpha value is -1.43. The van der Waals surface area contributed by atoms with E-state index in [1.807, 2.05) is 18.2 Å². The van der Waals surface area contributed by atoms with Gasteiger partial charge in [0.2, 0.25) is 0 Å². The molecule has 0 bridgehead atoms. The Morgan fingerprint density at radius 2 is 2.00 bits per heavy atom. The third-order valence-corrected chi connectivity index (χ3v) is 2.82. The maximum atomic E-state index is 10.2. The molecule has 0 saturated carbocycles. The number of nitrogens with zero attached hydrogens (tertiary/aromatic N) is 1. The zero-order valence-corrected chi connectivity index (χ0v) is 9.70. The van der Waals surface area contributed by atoms with Crippen molar-refractivity contribution in [2.75, 3.05) is 7.11 Å². The van der Waals surface area contributed by atoms with Crippen molar-refractivity contribution >= 4 is 5.71 Å². The van der Waals surface area contributed by atoms with Gasteiger partial charge in [-0.05, 0) is 6.92 Å². The van der Waals surface area contributed by atoms with Crippen LogP contribution < -0.4 is 0 Å². The van der Waals surface area contributed by atoms with Crippen molar-refractivity contribution in [3.63, 3.8) is 0 Å². The molecule has 0 spiro atoms. The summed E-state index contributed by atoms with van der Waals surface area (Å²) >= 11 is 0. The van der Waals surface area contributed by atoms with Crippen molar-refractivity contribution in [1.82, 2.24) is 0 Å². The normalized spacial score (nSPS) is 32.8. The first-order valence-corrected chi connectivity index (χ1v) is 5.29. The van der Waals surface area contributed by atoms with Crippen LogP contribution in [0.5, 0.6) is 0 Å². The monoisotopic (exact) mass is 237 g/mol. The predicted octanol–water partition coefficient (Wildman–Crippen LogP) is 0.505. The minimum Gasteiger partial charge on any atom is -0.383 e. The average molecular weight is 237 g/mol. The lowest BCUT2D eigenvalue weighted by molar-refractivity contribution is -0.250. The molecule has 1 aliphatic rings. The van der Waals surface area contributed by atoms with E-state index in [1.54, 1.807) is 12.1 Å². The van der Waals surface area contributed by atoms with Crippen molar-refractivity contribution in [1.29, 1.82) is 0 Å². The van der Waals surface area contributed by atoms with Gasteiger partial charge in [0.15, 0.2) is 5.60 Å². The minimum atomic E-state index is -1.54. The molecule has 1 aromatic rings. The van der Waals surface area contributed by atoms with E-state index >= 15 is 0 Å². The lowest BCUT2D eigenvalue weighted by atomic mass is 9.90. The van der Waals surface area contributed by atoms with Gasteiger partial charge in [-0.3, -0.25) is 0 Å². The molecule has 0 aromatic heterocycles. The van der Waals surface area contributed by atoms with Crippen LogP contribution in [0.25, 0.3) is 0 Å². The number of benzene rings is 1. The van der Waals surface area contributed by atoms with Crippen molar-refractivity contribution in [2.45, 2.75) is 24.9 Å². The van der Waals surface area contributed by atoms with Crippen LogP contribution in [0.1, 0.15) is 12.5 Å². The fourth-order valence-corrected chi connectivity index (χ4v) is 1.77. The van der Waals surface area contributed by atoms with Gasteiger partial charge in [-0.25, -0.2) is 0 Å². The first-order chi connectivity index (χ1) is 8.07. The predicted molar refractivity (Wildman–Crippen MR) is 61.5 cm³/mol. The summed E-state index contributed by atoms with van der Waals surface area (Å²) in [4.78, 5) is 5.04. The average Bonchev–Trinajstić information content (AvgIpc) is 2.33. The van der Waals surface area contributed by atoms with Gasteiger partial charge in [0.05, 0.1) is 0 Å². The Kier molecular flexibility index (Phi) is 3.15. The molecule has 17 heavy (non-hydrogen) atoms. The van der Waals surface area contributed by atoms with Crippen LogP contribution in [-0.4, -0.2) is 41.0 Å². The number of rotatable bonds is 2. The molecular formula is C12H15NO4. The number of hydrogen-bond acceptors (Lipinski definition) is 5. The number of aliphatic hydroxyl groups excluding tert-OH is 1. The molecular weight excluding hydrogens is 222 g/mol. The van der Waals surface area contributed by atoms with E-state index in [4.69, 9.17) is 9.57 Å². The minimum absolute atomic E-state index is 0.295. The molecule has 92 valence electrons. The first-order valence-electron chi connectivity index (χ1n) is 5.29. The van der Waals surface area contributed by atoms with E-state index in [0.717, 1.165) is 0 Å². The highest BCUT2D eigenvalue weighted by Gasteiger charge is 2.47. The number of methoxy groups -OCH3 is 1. The van der Waals surface area contributed by atoms with Crippen molar-refractivity contribution < 1.29 is 19.8 Å². The number of oxime groups is 1. The van der Waals surface area contributed by atoms with Gasteiger partial charge in [-0.2, -0.15) is 0 Å². The summed E-state index contributed by atoms with van der Waals surface area (Å²) in [6.07, 6.45) is -2.14. The highest BCUT2D eigenvalue weighted by molar-refractivity contribution is 6.04. The van der Waals surface area contributed by atoms with Gasteiger partial charge < -0.3 is 19.8 Å².